The van der Waals surface area contributed by atoms with Gasteiger partial charge in [0.05, 0.1) is 11.7 Å². The fraction of sp³-hybridized carbons (Fsp3) is 0.526. The molecular weight excluding hydrogens is 316 g/mol. The van der Waals surface area contributed by atoms with E-state index in [0.29, 0.717) is 17.2 Å². The summed E-state index contributed by atoms with van der Waals surface area (Å²) in [6.45, 7) is 4.96. The lowest BCUT2D eigenvalue weighted by molar-refractivity contribution is 0.0922. The van der Waals surface area contributed by atoms with Gasteiger partial charge in [0.25, 0.3) is 5.91 Å². The minimum atomic E-state index is -0.0659. The molecule has 1 saturated carbocycles. The molecule has 1 N–H and O–H groups in total. The van der Waals surface area contributed by atoms with Gasteiger partial charge < -0.3 is 14.6 Å². The predicted octanol–water partition coefficient (Wildman–Crippen LogP) is 2.69. The number of fused-ring (bicyclic) bond motifs is 1. The van der Waals surface area contributed by atoms with Crippen LogP contribution in [0.3, 0.4) is 0 Å². The molecule has 1 atom stereocenters. The number of nitrogens with one attached hydrogen (secondary N) is 1. The van der Waals surface area contributed by atoms with Crippen LogP contribution in [0.5, 0.6) is 5.75 Å². The molecule has 25 heavy (non-hydrogen) atoms. The maximum atomic E-state index is 12.8. The molecule has 0 spiro atoms. The number of aryl methyl sites for hydroxylation is 1. The van der Waals surface area contributed by atoms with Crippen molar-refractivity contribution in [2.24, 2.45) is 0 Å². The molecule has 1 unspecified atom stereocenters. The molecule has 6 nitrogen and oxygen atoms in total. The minimum absolute atomic E-state index is 0.0659. The summed E-state index contributed by atoms with van der Waals surface area (Å²) in [6.07, 6.45) is 4.15. The Hall–Kier alpha value is -2.37. The fourth-order valence-electron chi connectivity index (χ4n) is 3.28. The quantitative estimate of drug-likeness (QED) is 0.908. The molecule has 0 bridgehead atoms. The van der Waals surface area contributed by atoms with Gasteiger partial charge in [-0.2, -0.15) is 0 Å². The topological polar surface area (TPSA) is 69.0 Å². The van der Waals surface area contributed by atoms with Gasteiger partial charge in [0.15, 0.2) is 0 Å². The standard InChI is InChI=1S/C19H24N4O2/c1-12(2)18-22-21-17-10-7-13(11-23(17)18)20-19(24)15-5-3-4-6-16(15)25-14-8-9-14/h3-6,12-14H,7-11H2,1-2H3,(H,20,24). The number of rotatable bonds is 5. The molecule has 1 aromatic heterocycles. The normalized spacial score (nSPS) is 19.6. The average Bonchev–Trinajstić information content (AvgIpc) is 3.31. The Labute approximate surface area is 147 Å². The van der Waals surface area contributed by atoms with Crippen molar-refractivity contribution in [1.29, 1.82) is 0 Å². The van der Waals surface area contributed by atoms with Gasteiger partial charge in [0.1, 0.15) is 17.4 Å². The molecule has 1 fully saturated rings. The van der Waals surface area contributed by atoms with Gasteiger partial charge in [-0.3, -0.25) is 4.79 Å². The number of benzene rings is 1. The van der Waals surface area contributed by atoms with Crippen LogP contribution in [0, 0.1) is 0 Å². The average molecular weight is 340 g/mol. The van der Waals surface area contributed by atoms with Crippen molar-refractivity contribution in [2.45, 2.75) is 64.1 Å². The zero-order valence-electron chi connectivity index (χ0n) is 14.7. The number of ether oxygens (including phenoxy) is 1. The van der Waals surface area contributed by atoms with Crippen LogP contribution < -0.4 is 10.1 Å². The second-order valence-electron chi connectivity index (χ2n) is 7.26. The van der Waals surface area contributed by atoms with Crippen LogP contribution in [-0.4, -0.2) is 32.8 Å². The van der Waals surface area contributed by atoms with Gasteiger partial charge in [-0.25, -0.2) is 0 Å². The van der Waals surface area contributed by atoms with E-state index in [2.05, 4.69) is 33.9 Å². The summed E-state index contributed by atoms with van der Waals surface area (Å²) in [5.41, 5.74) is 0.619. The van der Waals surface area contributed by atoms with Crippen molar-refractivity contribution < 1.29 is 9.53 Å². The third-order valence-electron chi connectivity index (χ3n) is 4.78. The molecule has 0 radical (unpaired) electrons. The van der Waals surface area contributed by atoms with E-state index >= 15 is 0 Å². The lowest BCUT2D eigenvalue weighted by atomic mass is 10.1. The second-order valence-corrected chi connectivity index (χ2v) is 7.26. The zero-order valence-corrected chi connectivity index (χ0v) is 14.7. The van der Waals surface area contributed by atoms with E-state index in [4.69, 9.17) is 4.74 Å². The Balaban J connectivity index is 1.47. The zero-order chi connectivity index (χ0) is 17.4. The van der Waals surface area contributed by atoms with Crippen molar-refractivity contribution >= 4 is 5.91 Å². The highest BCUT2D eigenvalue weighted by molar-refractivity contribution is 5.97. The number of hydrogen-bond acceptors (Lipinski definition) is 4. The van der Waals surface area contributed by atoms with Crippen molar-refractivity contribution in [3.63, 3.8) is 0 Å². The fourth-order valence-corrected chi connectivity index (χ4v) is 3.28. The maximum absolute atomic E-state index is 12.8. The van der Waals surface area contributed by atoms with Gasteiger partial charge in [0, 0.05) is 24.9 Å². The number of aromatic nitrogens is 3. The van der Waals surface area contributed by atoms with E-state index in [1.807, 2.05) is 24.3 Å². The Morgan fingerprint density at radius 2 is 2.04 bits per heavy atom. The Morgan fingerprint density at radius 1 is 1.24 bits per heavy atom. The number of hydrogen-bond donors (Lipinski definition) is 1. The number of nitrogens with zero attached hydrogens (tertiary/aromatic N) is 3. The molecule has 1 aliphatic heterocycles. The first-order valence-corrected chi connectivity index (χ1v) is 9.10. The number of amides is 1. The van der Waals surface area contributed by atoms with Crippen LogP contribution in [0.4, 0.5) is 0 Å². The Kier molecular flexibility index (Phi) is 4.19. The lowest BCUT2D eigenvalue weighted by Gasteiger charge is -2.26. The highest BCUT2D eigenvalue weighted by Crippen LogP contribution is 2.29. The third kappa shape index (κ3) is 3.38. The predicted molar refractivity (Wildman–Crippen MR) is 93.8 cm³/mol. The van der Waals surface area contributed by atoms with Crippen LogP contribution in [0.15, 0.2) is 24.3 Å². The molecule has 2 heterocycles. The Bertz CT molecular complexity index is 779. The van der Waals surface area contributed by atoms with Gasteiger partial charge in [0.2, 0.25) is 0 Å². The van der Waals surface area contributed by atoms with Crippen LogP contribution in [0.1, 0.15) is 61.0 Å². The first kappa shape index (κ1) is 16.1. The molecular formula is C19H24N4O2. The summed E-state index contributed by atoms with van der Waals surface area (Å²) in [5, 5.41) is 11.8. The number of para-hydroxylation sites is 1. The third-order valence-corrected chi connectivity index (χ3v) is 4.78. The van der Waals surface area contributed by atoms with Gasteiger partial charge in [-0.15, -0.1) is 10.2 Å². The Morgan fingerprint density at radius 3 is 2.80 bits per heavy atom. The summed E-state index contributed by atoms with van der Waals surface area (Å²) >= 11 is 0. The monoisotopic (exact) mass is 340 g/mol. The molecule has 0 saturated heterocycles. The second kappa shape index (κ2) is 6.50. The lowest BCUT2D eigenvalue weighted by Crippen LogP contribution is -2.41. The number of carbonyl (C=O) groups excluding carboxylic acids is 1. The van der Waals surface area contributed by atoms with Crippen molar-refractivity contribution in [3.05, 3.63) is 41.5 Å². The first-order chi connectivity index (χ1) is 12.1. The van der Waals surface area contributed by atoms with Gasteiger partial charge >= 0.3 is 0 Å². The van der Waals surface area contributed by atoms with E-state index in [1.54, 1.807) is 0 Å². The van der Waals surface area contributed by atoms with Crippen molar-refractivity contribution in [3.8, 4) is 5.75 Å². The van der Waals surface area contributed by atoms with Crippen molar-refractivity contribution in [2.75, 3.05) is 0 Å². The van der Waals surface area contributed by atoms with Crippen LogP contribution >= 0.6 is 0 Å². The summed E-state index contributed by atoms with van der Waals surface area (Å²) in [4.78, 5) is 12.8. The summed E-state index contributed by atoms with van der Waals surface area (Å²) < 4.78 is 8.03. The number of carbonyl (C=O) groups is 1. The minimum Gasteiger partial charge on any atom is -0.490 e. The molecule has 2 aromatic rings. The summed E-state index contributed by atoms with van der Waals surface area (Å²) in [7, 11) is 0. The maximum Gasteiger partial charge on any atom is 0.255 e. The molecule has 6 heteroatoms. The van der Waals surface area contributed by atoms with E-state index < -0.39 is 0 Å². The molecule has 1 amide bonds. The molecule has 132 valence electrons. The van der Waals surface area contributed by atoms with E-state index in [1.165, 1.54) is 0 Å². The molecule has 1 aromatic carbocycles. The molecule has 2 aliphatic rings. The van der Waals surface area contributed by atoms with Crippen molar-refractivity contribution in [1.82, 2.24) is 20.1 Å². The smallest absolute Gasteiger partial charge is 0.255 e. The van der Waals surface area contributed by atoms with Crippen LogP contribution in [0.25, 0.3) is 0 Å². The highest BCUT2D eigenvalue weighted by Gasteiger charge is 2.28. The van der Waals surface area contributed by atoms with E-state index in [9.17, 15) is 4.79 Å². The first-order valence-electron chi connectivity index (χ1n) is 9.10. The summed E-state index contributed by atoms with van der Waals surface area (Å²) in [5.74, 6) is 2.96. The molecule has 1 aliphatic carbocycles. The van der Waals surface area contributed by atoms with Crippen LogP contribution in [-0.2, 0) is 13.0 Å². The van der Waals surface area contributed by atoms with E-state index in [0.717, 1.165) is 43.9 Å². The molecule has 4 rings (SSSR count). The SMILES string of the molecule is CC(C)c1nnc2n1CC(NC(=O)c1ccccc1OC1CC1)CC2. The summed E-state index contributed by atoms with van der Waals surface area (Å²) in [6, 6.07) is 7.59. The highest BCUT2D eigenvalue weighted by atomic mass is 16.5. The largest absolute Gasteiger partial charge is 0.490 e. The van der Waals surface area contributed by atoms with Crippen LogP contribution in [0.2, 0.25) is 0 Å². The van der Waals surface area contributed by atoms with E-state index in [-0.39, 0.29) is 18.1 Å². The van der Waals surface area contributed by atoms with Gasteiger partial charge in [-0.05, 0) is 31.4 Å². The van der Waals surface area contributed by atoms with Gasteiger partial charge in [-0.1, -0.05) is 26.0 Å².